The summed E-state index contributed by atoms with van der Waals surface area (Å²) in [4.78, 5) is 25.2. The molecule has 1 saturated carbocycles. The normalized spacial score (nSPS) is 34.9. The van der Waals surface area contributed by atoms with Gasteiger partial charge in [0.05, 0.1) is 6.61 Å². The Kier molecular flexibility index (Phi) is 5.28. The zero-order chi connectivity index (χ0) is 20.2. The van der Waals surface area contributed by atoms with Gasteiger partial charge in [-0.2, -0.15) is 0 Å². The zero-order valence-electron chi connectivity index (χ0n) is 17.7. The van der Waals surface area contributed by atoms with E-state index < -0.39 is 19.3 Å². The highest BCUT2D eigenvalue weighted by Crippen LogP contribution is 2.59. The van der Waals surface area contributed by atoms with E-state index in [2.05, 4.69) is 47.7 Å². The Balaban J connectivity index is 2.45. The Hall–Kier alpha value is -0.783. The van der Waals surface area contributed by atoms with Crippen molar-refractivity contribution in [1.82, 2.24) is 0 Å². The summed E-state index contributed by atoms with van der Waals surface area (Å²) in [5, 5.41) is 11.5. The van der Waals surface area contributed by atoms with Crippen LogP contribution in [0.1, 0.15) is 60.8 Å². The Labute approximate surface area is 159 Å². The van der Waals surface area contributed by atoms with Crippen molar-refractivity contribution in [1.29, 1.82) is 0 Å². The summed E-state index contributed by atoms with van der Waals surface area (Å²) in [6.07, 6.45) is 4.65. The van der Waals surface area contributed by atoms with Crippen LogP contribution in [0.2, 0.25) is 18.1 Å². The molecule has 0 aliphatic heterocycles. The lowest BCUT2D eigenvalue weighted by atomic mass is 9.47. The Morgan fingerprint density at radius 3 is 2.35 bits per heavy atom. The average molecular weight is 381 g/mol. The standard InChI is InChI=1S/C21H36O4Si/c1-18(2,3)26(7,8)25-13-15-12-16(23)17-19(4,5)10-9-11-20(17,6)21(15,24)14-22/h12,14,17,24H,9-11,13H2,1-8H3/t17-,20-,21+/m0/s1. The van der Waals surface area contributed by atoms with E-state index in [1.54, 1.807) is 0 Å². The first-order chi connectivity index (χ1) is 11.6. The zero-order valence-corrected chi connectivity index (χ0v) is 18.7. The molecular weight excluding hydrogens is 344 g/mol. The van der Waals surface area contributed by atoms with Gasteiger partial charge in [0.25, 0.3) is 0 Å². The quantitative estimate of drug-likeness (QED) is 0.584. The van der Waals surface area contributed by atoms with Crippen molar-refractivity contribution in [3.63, 3.8) is 0 Å². The van der Waals surface area contributed by atoms with E-state index in [0.29, 0.717) is 18.3 Å². The largest absolute Gasteiger partial charge is 0.413 e. The van der Waals surface area contributed by atoms with Gasteiger partial charge in [0.1, 0.15) is 5.60 Å². The topological polar surface area (TPSA) is 63.6 Å². The number of fused-ring (bicyclic) bond motifs is 1. The van der Waals surface area contributed by atoms with Crippen LogP contribution in [0, 0.1) is 16.7 Å². The Morgan fingerprint density at radius 2 is 1.85 bits per heavy atom. The summed E-state index contributed by atoms with van der Waals surface area (Å²) in [6.45, 7) is 16.9. The van der Waals surface area contributed by atoms with Crippen molar-refractivity contribution in [2.45, 2.75) is 84.5 Å². The van der Waals surface area contributed by atoms with Gasteiger partial charge in [-0.25, -0.2) is 0 Å². The van der Waals surface area contributed by atoms with Crippen molar-refractivity contribution in [2.75, 3.05) is 6.61 Å². The molecule has 1 fully saturated rings. The number of allylic oxidation sites excluding steroid dienone is 1. The lowest BCUT2D eigenvalue weighted by molar-refractivity contribution is -0.166. The van der Waals surface area contributed by atoms with Gasteiger partial charge in [-0.15, -0.1) is 0 Å². The lowest BCUT2D eigenvalue weighted by Crippen LogP contribution is -2.63. The van der Waals surface area contributed by atoms with Crippen molar-refractivity contribution in [3.8, 4) is 0 Å². The summed E-state index contributed by atoms with van der Waals surface area (Å²) in [6, 6.07) is 0. The Bertz CT molecular complexity index is 628. The van der Waals surface area contributed by atoms with Crippen LogP contribution in [0.3, 0.4) is 0 Å². The van der Waals surface area contributed by atoms with Crippen LogP contribution < -0.4 is 0 Å². The predicted octanol–water partition coefficient (Wildman–Crippen LogP) is 4.28. The molecule has 2 rings (SSSR count). The molecule has 0 radical (unpaired) electrons. The number of rotatable bonds is 4. The van der Waals surface area contributed by atoms with Crippen LogP contribution in [0.4, 0.5) is 0 Å². The summed E-state index contributed by atoms with van der Waals surface area (Å²) in [7, 11) is -2.06. The molecule has 0 aromatic carbocycles. The molecule has 2 aliphatic carbocycles. The first-order valence-corrected chi connectivity index (χ1v) is 12.6. The van der Waals surface area contributed by atoms with E-state index >= 15 is 0 Å². The van der Waals surface area contributed by atoms with Gasteiger partial charge in [0.15, 0.2) is 20.4 Å². The number of carbonyl (C=O) groups is 2. The van der Waals surface area contributed by atoms with E-state index in [1.165, 1.54) is 6.08 Å². The number of aliphatic hydroxyl groups is 1. The van der Waals surface area contributed by atoms with Gasteiger partial charge in [0, 0.05) is 11.3 Å². The molecular formula is C21H36O4Si. The molecule has 0 heterocycles. The smallest absolute Gasteiger partial charge is 0.192 e. The number of aldehydes is 1. The minimum Gasteiger partial charge on any atom is -0.413 e. The third kappa shape index (κ3) is 3.16. The molecule has 148 valence electrons. The molecule has 0 amide bonds. The second-order valence-electron chi connectivity index (χ2n) is 10.7. The van der Waals surface area contributed by atoms with Crippen molar-refractivity contribution >= 4 is 20.4 Å². The predicted molar refractivity (Wildman–Crippen MR) is 106 cm³/mol. The van der Waals surface area contributed by atoms with Crippen LogP contribution in [0.15, 0.2) is 11.6 Å². The van der Waals surface area contributed by atoms with Crippen molar-refractivity contribution < 1.29 is 19.1 Å². The van der Waals surface area contributed by atoms with Gasteiger partial charge in [-0.1, -0.05) is 48.0 Å². The summed E-state index contributed by atoms with van der Waals surface area (Å²) in [5.74, 6) is -0.326. The van der Waals surface area contributed by atoms with Crippen molar-refractivity contribution in [2.24, 2.45) is 16.7 Å². The number of hydrogen-bond acceptors (Lipinski definition) is 4. The van der Waals surface area contributed by atoms with Crippen LogP contribution in [-0.2, 0) is 14.0 Å². The van der Waals surface area contributed by atoms with E-state index in [4.69, 9.17) is 4.43 Å². The van der Waals surface area contributed by atoms with Gasteiger partial charge in [-0.05, 0) is 48.0 Å². The maximum atomic E-state index is 13.0. The highest BCUT2D eigenvalue weighted by molar-refractivity contribution is 6.74. The summed E-state index contributed by atoms with van der Waals surface area (Å²) < 4.78 is 6.26. The monoisotopic (exact) mass is 380 g/mol. The number of hydrogen-bond donors (Lipinski definition) is 1. The Morgan fingerprint density at radius 1 is 1.27 bits per heavy atom. The fraction of sp³-hybridized carbons (Fsp3) is 0.810. The molecule has 26 heavy (non-hydrogen) atoms. The van der Waals surface area contributed by atoms with E-state index in [0.717, 1.165) is 12.8 Å². The van der Waals surface area contributed by atoms with E-state index in [9.17, 15) is 14.7 Å². The summed E-state index contributed by atoms with van der Waals surface area (Å²) >= 11 is 0. The first kappa shape index (κ1) is 21.5. The van der Waals surface area contributed by atoms with Gasteiger partial charge in [0.2, 0.25) is 0 Å². The third-order valence-corrected chi connectivity index (χ3v) is 11.9. The molecule has 0 saturated heterocycles. The maximum absolute atomic E-state index is 13.0. The summed E-state index contributed by atoms with van der Waals surface area (Å²) in [5.41, 5.74) is -2.23. The molecule has 5 heteroatoms. The number of carbonyl (C=O) groups excluding carboxylic acids is 2. The van der Waals surface area contributed by atoms with Gasteiger partial charge < -0.3 is 9.53 Å². The van der Waals surface area contributed by atoms with Crippen LogP contribution in [-0.4, -0.2) is 37.7 Å². The maximum Gasteiger partial charge on any atom is 0.192 e. The van der Waals surface area contributed by atoms with Crippen LogP contribution in [0.25, 0.3) is 0 Å². The first-order valence-electron chi connectivity index (χ1n) is 9.70. The molecule has 0 spiro atoms. The molecule has 2 aliphatic rings. The van der Waals surface area contributed by atoms with Crippen molar-refractivity contribution in [3.05, 3.63) is 11.6 Å². The van der Waals surface area contributed by atoms with Crippen LogP contribution in [0.5, 0.6) is 0 Å². The third-order valence-electron chi connectivity index (χ3n) is 7.46. The molecule has 0 bridgehead atoms. The average Bonchev–Trinajstić information content (AvgIpc) is 2.47. The van der Waals surface area contributed by atoms with Crippen LogP contribution >= 0.6 is 0 Å². The second-order valence-corrected chi connectivity index (χ2v) is 15.5. The fourth-order valence-electron chi connectivity index (χ4n) is 4.74. The second kappa shape index (κ2) is 6.38. The minimum absolute atomic E-state index is 0.0186. The molecule has 0 unspecified atom stereocenters. The molecule has 0 aromatic rings. The molecule has 4 nitrogen and oxygen atoms in total. The molecule has 0 aromatic heterocycles. The number of ketones is 1. The lowest BCUT2D eigenvalue weighted by Gasteiger charge is -2.57. The highest BCUT2D eigenvalue weighted by Gasteiger charge is 2.63. The van der Waals surface area contributed by atoms with E-state index in [1.807, 2.05) is 6.92 Å². The minimum atomic E-state index is -2.06. The SMILES string of the molecule is CC1(C)CCC[C@@]2(C)[C@H]1C(=O)C=C(CO[Si](C)(C)C(C)(C)C)[C@]2(O)C=O. The van der Waals surface area contributed by atoms with E-state index in [-0.39, 0.29) is 28.8 Å². The molecule has 3 atom stereocenters. The fourth-order valence-corrected chi connectivity index (χ4v) is 5.69. The highest BCUT2D eigenvalue weighted by atomic mass is 28.4. The van der Waals surface area contributed by atoms with Gasteiger partial charge >= 0.3 is 0 Å². The molecule has 1 N–H and O–H groups in total. The van der Waals surface area contributed by atoms with Gasteiger partial charge in [-0.3, -0.25) is 9.59 Å².